The predicted octanol–water partition coefficient (Wildman–Crippen LogP) is 4.39. The minimum absolute atomic E-state index is 0.647. The highest BCUT2D eigenvalue weighted by molar-refractivity contribution is 4.87. The van der Waals surface area contributed by atoms with Gasteiger partial charge in [0, 0.05) is 6.04 Å². The predicted molar refractivity (Wildman–Crippen MR) is 74.7 cm³/mol. The van der Waals surface area contributed by atoms with E-state index >= 15 is 0 Å². The number of allylic oxidation sites excluding steroid dienone is 1. The molecule has 1 nitrogen and oxygen atoms in total. The summed E-state index contributed by atoms with van der Waals surface area (Å²) < 4.78 is 0. The molecule has 0 heterocycles. The molecule has 0 aromatic carbocycles. The van der Waals surface area contributed by atoms with Crippen LogP contribution < -0.4 is 5.32 Å². The van der Waals surface area contributed by atoms with E-state index in [4.69, 9.17) is 0 Å². The van der Waals surface area contributed by atoms with Gasteiger partial charge in [0.1, 0.15) is 0 Å². The van der Waals surface area contributed by atoms with Crippen molar-refractivity contribution in [3.63, 3.8) is 0 Å². The molecule has 0 saturated carbocycles. The topological polar surface area (TPSA) is 12.0 Å². The summed E-state index contributed by atoms with van der Waals surface area (Å²) in [5, 5.41) is 3.35. The van der Waals surface area contributed by atoms with E-state index in [0.29, 0.717) is 6.04 Å². The van der Waals surface area contributed by atoms with E-state index in [1.165, 1.54) is 37.7 Å². The monoisotopic (exact) mass is 225 g/mol. The van der Waals surface area contributed by atoms with E-state index in [0.717, 1.165) is 11.8 Å². The van der Waals surface area contributed by atoms with Crippen LogP contribution in [0.4, 0.5) is 0 Å². The number of hydrogen-bond acceptors (Lipinski definition) is 1. The minimum Gasteiger partial charge on any atom is -0.317 e. The SMILES string of the molecule is C=C(C)CCCC(CC(C)C)CC(C)NC. The summed E-state index contributed by atoms with van der Waals surface area (Å²) in [4.78, 5) is 0. The van der Waals surface area contributed by atoms with Crippen molar-refractivity contribution in [2.45, 2.75) is 65.8 Å². The van der Waals surface area contributed by atoms with Crippen molar-refractivity contribution in [2.24, 2.45) is 11.8 Å². The number of rotatable bonds is 9. The first-order chi connectivity index (χ1) is 7.45. The maximum Gasteiger partial charge on any atom is 0.00383 e. The van der Waals surface area contributed by atoms with Crippen LogP contribution in [0.3, 0.4) is 0 Å². The lowest BCUT2D eigenvalue weighted by Gasteiger charge is -2.22. The van der Waals surface area contributed by atoms with Gasteiger partial charge in [0.25, 0.3) is 0 Å². The average Bonchev–Trinajstić information content (AvgIpc) is 2.15. The van der Waals surface area contributed by atoms with Crippen LogP contribution in [0.15, 0.2) is 12.2 Å². The third kappa shape index (κ3) is 8.96. The Kier molecular flexibility index (Phi) is 8.64. The highest BCUT2D eigenvalue weighted by Gasteiger charge is 2.13. The molecule has 0 fully saturated rings. The van der Waals surface area contributed by atoms with E-state index in [1.807, 2.05) is 0 Å². The van der Waals surface area contributed by atoms with Crippen LogP contribution in [0.25, 0.3) is 0 Å². The Morgan fingerprint density at radius 3 is 2.25 bits per heavy atom. The van der Waals surface area contributed by atoms with Crippen molar-refractivity contribution in [2.75, 3.05) is 7.05 Å². The highest BCUT2D eigenvalue weighted by Crippen LogP contribution is 2.23. The van der Waals surface area contributed by atoms with Crippen molar-refractivity contribution in [3.05, 3.63) is 12.2 Å². The average molecular weight is 225 g/mol. The molecule has 0 aromatic heterocycles. The Bertz CT molecular complexity index is 184. The molecule has 0 bridgehead atoms. The van der Waals surface area contributed by atoms with E-state index < -0.39 is 0 Å². The Balaban J connectivity index is 3.94. The van der Waals surface area contributed by atoms with E-state index in [2.05, 4.69) is 46.6 Å². The van der Waals surface area contributed by atoms with Crippen LogP contribution in [-0.4, -0.2) is 13.1 Å². The molecule has 0 saturated heterocycles. The van der Waals surface area contributed by atoms with Crippen molar-refractivity contribution < 1.29 is 0 Å². The zero-order valence-corrected chi connectivity index (χ0v) is 12.0. The maximum atomic E-state index is 3.98. The van der Waals surface area contributed by atoms with Crippen LogP contribution >= 0.6 is 0 Å². The highest BCUT2D eigenvalue weighted by atomic mass is 14.8. The van der Waals surface area contributed by atoms with Gasteiger partial charge in [-0.2, -0.15) is 0 Å². The van der Waals surface area contributed by atoms with E-state index in [1.54, 1.807) is 0 Å². The van der Waals surface area contributed by atoms with Crippen molar-refractivity contribution in [1.29, 1.82) is 0 Å². The first kappa shape index (κ1) is 15.7. The largest absolute Gasteiger partial charge is 0.317 e. The molecule has 2 atom stereocenters. The maximum absolute atomic E-state index is 3.98. The summed E-state index contributed by atoms with van der Waals surface area (Å²) in [6.07, 6.45) is 6.54. The standard InChI is InChI=1S/C15H31N/c1-12(2)8-7-9-15(10-13(3)4)11-14(5)16-6/h13-16H,1,7-11H2,2-6H3. The zero-order chi connectivity index (χ0) is 12.6. The van der Waals surface area contributed by atoms with Gasteiger partial charge < -0.3 is 5.32 Å². The Morgan fingerprint density at radius 2 is 1.81 bits per heavy atom. The van der Waals surface area contributed by atoms with Gasteiger partial charge in [-0.1, -0.05) is 25.8 Å². The van der Waals surface area contributed by atoms with Crippen molar-refractivity contribution >= 4 is 0 Å². The quantitative estimate of drug-likeness (QED) is 0.574. The molecule has 0 amide bonds. The summed E-state index contributed by atoms with van der Waals surface area (Å²) in [6.45, 7) is 13.1. The summed E-state index contributed by atoms with van der Waals surface area (Å²) in [5.41, 5.74) is 1.32. The summed E-state index contributed by atoms with van der Waals surface area (Å²) in [5.74, 6) is 1.70. The van der Waals surface area contributed by atoms with Gasteiger partial charge in [-0.05, 0) is 58.4 Å². The van der Waals surface area contributed by atoms with Crippen LogP contribution in [-0.2, 0) is 0 Å². The molecule has 0 aliphatic heterocycles. The summed E-state index contributed by atoms with van der Waals surface area (Å²) in [6, 6.07) is 0.647. The number of hydrogen-bond donors (Lipinski definition) is 1. The Morgan fingerprint density at radius 1 is 1.19 bits per heavy atom. The lowest BCUT2D eigenvalue weighted by molar-refractivity contribution is 0.325. The molecular weight excluding hydrogens is 194 g/mol. The lowest BCUT2D eigenvalue weighted by atomic mass is 9.87. The molecule has 2 unspecified atom stereocenters. The van der Waals surface area contributed by atoms with Crippen molar-refractivity contribution in [1.82, 2.24) is 5.32 Å². The van der Waals surface area contributed by atoms with Gasteiger partial charge in [0.05, 0.1) is 0 Å². The van der Waals surface area contributed by atoms with Gasteiger partial charge in [0.2, 0.25) is 0 Å². The molecule has 16 heavy (non-hydrogen) atoms. The fraction of sp³-hybridized carbons (Fsp3) is 0.867. The van der Waals surface area contributed by atoms with Crippen LogP contribution in [0.5, 0.6) is 0 Å². The van der Waals surface area contributed by atoms with E-state index in [9.17, 15) is 0 Å². The first-order valence-corrected chi connectivity index (χ1v) is 6.77. The molecule has 96 valence electrons. The fourth-order valence-corrected chi connectivity index (χ4v) is 2.31. The minimum atomic E-state index is 0.647. The van der Waals surface area contributed by atoms with Gasteiger partial charge in [-0.3, -0.25) is 0 Å². The van der Waals surface area contributed by atoms with Crippen LogP contribution in [0.1, 0.15) is 59.8 Å². The van der Waals surface area contributed by atoms with Crippen LogP contribution in [0, 0.1) is 11.8 Å². The second kappa shape index (κ2) is 8.81. The molecule has 0 aromatic rings. The lowest BCUT2D eigenvalue weighted by Crippen LogP contribution is -2.25. The molecule has 0 spiro atoms. The number of nitrogens with one attached hydrogen (secondary N) is 1. The molecule has 1 heteroatoms. The van der Waals surface area contributed by atoms with E-state index in [-0.39, 0.29) is 0 Å². The Labute approximate surface area is 103 Å². The third-order valence-corrected chi connectivity index (χ3v) is 3.20. The van der Waals surface area contributed by atoms with Gasteiger partial charge in [-0.15, -0.1) is 6.58 Å². The molecular formula is C15H31N. The third-order valence-electron chi connectivity index (χ3n) is 3.20. The summed E-state index contributed by atoms with van der Waals surface area (Å²) >= 11 is 0. The molecule has 0 aliphatic carbocycles. The second-order valence-electron chi connectivity index (χ2n) is 5.77. The van der Waals surface area contributed by atoms with Gasteiger partial charge in [-0.25, -0.2) is 0 Å². The van der Waals surface area contributed by atoms with Gasteiger partial charge >= 0.3 is 0 Å². The van der Waals surface area contributed by atoms with Crippen LogP contribution in [0.2, 0.25) is 0 Å². The molecule has 0 radical (unpaired) electrons. The normalized spacial score (nSPS) is 15.1. The molecule has 1 N–H and O–H groups in total. The zero-order valence-electron chi connectivity index (χ0n) is 12.0. The molecule has 0 aliphatic rings. The summed E-state index contributed by atoms with van der Waals surface area (Å²) in [7, 11) is 2.06. The molecule has 0 rings (SSSR count). The smallest absolute Gasteiger partial charge is 0.00383 e. The Hall–Kier alpha value is -0.300. The second-order valence-corrected chi connectivity index (χ2v) is 5.77. The van der Waals surface area contributed by atoms with Gasteiger partial charge in [0.15, 0.2) is 0 Å². The first-order valence-electron chi connectivity index (χ1n) is 6.77. The fourth-order valence-electron chi connectivity index (χ4n) is 2.31. The van der Waals surface area contributed by atoms with Crippen molar-refractivity contribution in [3.8, 4) is 0 Å².